The number of carbonyl (C=O) groups excluding carboxylic acids is 1. The first kappa shape index (κ1) is 22.2. The summed E-state index contributed by atoms with van der Waals surface area (Å²) < 4.78 is 46.9. The van der Waals surface area contributed by atoms with Crippen molar-refractivity contribution in [1.29, 1.82) is 0 Å². The van der Waals surface area contributed by atoms with Crippen LogP contribution in [0.4, 0.5) is 4.39 Å². The van der Waals surface area contributed by atoms with E-state index in [0.717, 1.165) is 4.31 Å². The lowest BCUT2D eigenvalue weighted by Gasteiger charge is -2.33. The number of nitrogens with zero attached hydrogens (tertiary/aromatic N) is 1. The number of rotatable bonds is 5. The van der Waals surface area contributed by atoms with E-state index < -0.39 is 27.9 Å². The number of ether oxygens (including phenoxy) is 1. The van der Waals surface area contributed by atoms with Gasteiger partial charge in [-0.05, 0) is 61.2 Å². The molecule has 162 valence electrons. The summed E-state index contributed by atoms with van der Waals surface area (Å²) in [5.41, 5.74) is 2.68. The third-order valence-corrected chi connectivity index (χ3v) is 7.39. The van der Waals surface area contributed by atoms with Gasteiger partial charge in [0.05, 0.1) is 12.0 Å². The number of nitrogens with one attached hydrogen (secondary N) is 1. The molecule has 2 aromatic rings. The fourth-order valence-electron chi connectivity index (χ4n) is 3.91. The first-order valence-electron chi connectivity index (χ1n) is 9.65. The predicted octanol–water partition coefficient (Wildman–Crippen LogP) is 2.98. The SMILES string of the molecule is COc1ccc(S(=O)(=O)N2CCCCC(c3ccc(F)c(C)c3)C2C(=O)NO)cc1. The molecular weight excluding hydrogens is 411 g/mol. The molecule has 0 saturated carbocycles. The van der Waals surface area contributed by atoms with Crippen LogP contribution in [0.15, 0.2) is 47.4 Å². The van der Waals surface area contributed by atoms with Gasteiger partial charge in [-0.3, -0.25) is 10.0 Å². The molecule has 3 rings (SSSR count). The van der Waals surface area contributed by atoms with Crippen LogP contribution in [0.2, 0.25) is 0 Å². The van der Waals surface area contributed by atoms with Gasteiger partial charge in [0, 0.05) is 12.5 Å². The van der Waals surface area contributed by atoms with Crippen molar-refractivity contribution in [2.45, 2.75) is 43.0 Å². The summed E-state index contributed by atoms with van der Waals surface area (Å²) in [6.45, 7) is 1.74. The molecule has 0 spiro atoms. The fourth-order valence-corrected chi connectivity index (χ4v) is 5.57. The number of hydrogen-bond acceptors (Lipinski definition) is 5. The maximum atomic E-state index is 13.8. The predicted molar refractivity (Wildman–Crippen MR) is 108 cm³/mol. The second-order valence-corrected chi connectivity index (χ2v) is 9.21. The van der Waals surface area contributed by atoms with Crippen LogP contribution in [0.1, 0.15) is 36.3 Å². The molecule has 0 aromatic heterocycles. The van der Waals surface area contributed by atoms with Gasteiger partial charge in [0.1, 0.15) is 17.6 Å². The second-order valence-electron chi connectivity index (χ2n) is 7.32. The van der Waals surface area contributed by atoms with Crippen molar-refractivity contribution in [2.24, 2.45) is 0 Å². The van der Waals surface area contributed by atoms with Crippen molar-refractivity contribution in [2.75, 3.05) is 13.7 Å². The number of halogens is 1. The number of amides is 1. The molecule has 0 aliphatic carbocycles. The minimum absolute atomic E-state index is 0.0231. The van der Waals surface area contributed by atoms with E-state index in [0.29, 0.717) is 36.1 Å². The van der Waals surface area contributed by atoms with Crippen LogP contribution >= 0.6 is 0 Å². The molecule has 2 N–H and O–H groups in total. The molecule has 7 nitrogen and oxygen atoms in total. The summed E-state index contributed by atoms with van der Waals surface area (Å²) >= 11 is 0. The zero-order valence-corrected chi connectivity index (χ0v) is 17.7. The maximum Gasteiger partial charge on any atom is 0.262 e. The molecule has 2 atom stereocenters. The van der Waals surface area contributed by atoms with E-state index >= 15 is 0 Å². The van der Waals surface area contributed by atoms with Crippen LogP contribution in [0, 0.1) is 12.7 Å². The third-order valence-electron chi connectivity index (χ3n) is 5.49. The Hall–Kier alpha value is -2.49. The van der Waals surface area contributed by atoms with E-state index in [9.17, 15) is 22.8 Å². The number of aryl methyl sites for hydroxylation is 1. The molecule has 1 saturated heterocycles. The molecule has 1 aliphatic heterocycles. The van der Waals surface area contributed by atoms with Gasteiger partial charge in [0.2, 0.25) is 10.0 Å². The number of methoxy groups -OCH3 is 1. The number of carbonyl (C=O) groups is 1. The molecule has 1 aliphatic rings. The molecule has 1 amide bonds. The molecule has 1 heterocycles. The number of hydrogen-bond donors (Lipinski definition) is 2. The average molecular weight is 437 g/mol. The van der Waals surface area contributed by atoms with Crippen molar-refractivity contribution in [1.82, 2.24) is 9.79 Å². The van der Waals surface area contributed by atoms with Crippen LogP contribution in [0.5, 0.6) is 5.75 Å². The van der Waals surface area contributed by atoms with Crippen LogP contribution in [0.25, 0.3) is 0 Å². The molecule has 2 unspecified atom stereocenters. The lowest BCUT2D eigenvalue weighted by Crippen LogP contribution is -2.51. The monoisotopic (exact) mass is 436 g/mol. The van der Waals surface area contributed by atoms with Crippen molar-refractivity contribution in [3.63, 3.8) is 0 Å². The van der Waals surface area contributed by atoms with Crippen LogP contribution < -0.4 is 10.2 Å². The minimum Gasteiger partial charge on any atom is -0.497 e. The lowest BCUT2D eigenvalue weighted by atomic mass is 9.87. The van der Waals surface area contributed by atoms with E-state index in [2.05, 4.69) is 0 Å². The van der Waals surface area contributed by atoms with Gasteiger partial charge in [-0.15, -0.1) is 0 Å². The Bertz CT molecular complexity index is 1010. The quantitative estimate of drug-likeness (QED) is 0.555. The Morgan fingerprint density at radius 2 is 1.90 bits per heavy atom. The highest BCUT2D eigenvalue weighted by Crippen LogP contribution is 2.36. The van der Waals surface area contributed by atoms with Crippen molar-refractivity contribution in [3.8, 4) is 5.75 Å². The summed E-state index contributed by atoms with van der Waals surface area (Å²) in [6, 6.07) is 9.24. The van der Waals surface area contributed by atoms with E-state index in [4.69, 9.17) is 4.74 Å². The van der Waals surface area contributed by atoms with Crippen LogP contribution in [-0.2, 0) is 14.8 Å². The van der Waals surface area contributed by atoms with Gasteiger partial charge in [-0.2, -0.15) is 4.31 Å². The van der Waals surface area contributed by atoms with Crippen molar-refractivity contribution < 1.29 is 27.5 Å². The molecule has 2 aromatic carbocycles. The van der Waals surface area contributed by atoms with Gasteiger partial charge in [-0.25, -0.2) is 18.3 Å². The van der Waals surface area contributed by atoms with Gasteiger partial charge < -0.3 is 4.74 Å². The van der Waals surface area contributed by atoms with Crippen LogP contribution in [-0.4, -0.2) is 43.5 Å². The topological polar surface area (TPSA) is 95.9 Å². The first-order valence-corrected chi connectivity index (χ1v) is 11.1. The lowest BCUT2D eigenvalue weighted by molar-refractivity contribution is -0.133. The number of sulfonamides is 1. The standard InChI is InChI=1S/C21H25FN2O5S/c1-14-13-15(6-11-19(14)22)18-5-3-4-12-24(20(18)21(25)23-26)30(27,28)17-9-7-16(29-2)8-10-17/h6-11,13,18,20,26H,3-5,12H2,1-2H3,(H,23,25). The molecule has 9 heteroatoms. The van der Waals surface area contributed by atoms with Gasteiger partial charge in [0.15, 0.2) is 0 Å². The number of hydroxylamine groups is 1. The highest BCUT2D eigenvalue weighted by Gasteiger charge is 2.42. The van der Waals surface area contributed by atoms with Crippen LogP contribution in [0.3, 0.4) is 0 Å². The Morgan fingerprint density at radius 1 is 1.20 bits per heavy atom. The summed E-state index contributed by atoms with van der Waals surface area (Å²) in [5.74, 6) is -1.22. The molecule has 30 heavy (non-hydrogen) atoms. The second kappa shape index (κ2) is 9.11. The molecule has 1 fully saturated rings. The van der Waals surface area contributed by atoms with E-state index in [1.165, 1.54) is 37.4 Å². The average Bonchev–Trinajstić information content (AvgIpc) is 2.98. The highest BCUT2D eigenvalue weighted by molar-refractivity contribution is 7.89. The Balaban J connectivity index is 2.08. The molecular formula is C21H25FN2O5S. The smallest absolute Gasteiger partial charge is 0.262 e. The Morgan fingerprint density at radius 3 is 2.50 bits per heavy atom. The Labute approximate surface area is 175 Å². The zero-order chi connectivity index (χ0) is 21.9. The minimum atomic E-state index is -4.04. The van der Waals surface area contributed by atoms with Crippen molar-refractivity contribution >= 4 is 15.9 Å². The van der Waals surface area contributed by atoms with E-state index in [-0.39, 0.29) is 17.3 Å². The van der Waals surface area contributed by atoms with Crippen molar-refractivity contribution in [3.05, 3.63) is 59.4 Å². The highest BCUT2D eigenvalue weighted by atomic mass is 32.2. The maximum absolute atomic E-state index is 13.8. The summed E-state index contributed by atoms with van der Waals surface area (Å²) in [6.07, 6.45) is 1.77. The Kier molecular flexibility index (Phi) is 6.74. The summed E-state index contributed by atoms with van der Waals surface area (Å²) in [4.78, 5) is 12.7. The summed E-state index contributed by atoms with van der Waals surface area (Å²) in [5, 5.41) is 9.37. The molecule has 0 bridgehead atoms. The third kappa shape index (κ3) is 4.33. The van der Waals surface area contributed by atoms with E-state index in [1.54, 1.807) is 24.5 Å². The number of benzene rings is 2. The first-order chi connectivity index (χ1) is 14.3. The largest absolute Gasteiger partial charge is 0.497 e. The van der Waals surface area contributed by atoms with Gasteiger partial charge in [-0.1, -0.05) is 18.6 Å². The fraction of sp³-hybridized carbons (Fsp3) is 0.381. The zero-order valence-electron chi connectivity index (χ0n) is 16.8. The summed E-state index contributed by atoms with van der Waals surface area (Å²) in [7, 11) is -2.56. The normalized spacial score (nSPS) is 20.4. The van der Waals surface area contributed by atoms with Gasteiger partial charge >= 0.3 is 0 Å². The van der Waals surface area contributed by atoms with Gasteiger partial charge in [0.25, 0.3) is 5.91 Å². The molecule has 0 radical (unpaired) electrons. The van der Waals surface area contributed by atoms with E-state index in [1.807, 2.05) is 0 Å².